The Morgan fingerprint density at radius 1 is 0.973 bits per heavy atom. The molecule has 0 saturated heterocycles. The Morgan fingerprint density at radius 3 is 2.27 bits per heavy atom. The zero-order chi connectivity index (χ0) is 26.5. The van der Waals surface area contributed by atoms with E-state index in [2.05, 4.69) is 20.8 Å². The van der Waals surface area contributed by atoms with E-state index < -0.39 is 6.04 Å². The van der Waals surface area contributed by atoms with E-state index >= 15 is 0 Å². The van der Waals surface area contributed by atoms with Crippen LogP contribution >= 0.6 is 0 Å². The SMILES string of the molecule is CCc1ccc(-n2c(C(C)N(CCC(C)C)C(=O)c3ccc(OC)cc3)nc3ccccc3c2=O)cc1. The molecule has 1 heterocycles. The fourth-order valence-electron chi connectivity index (χ4n) is 4.47. The number of ether oxygens (including phenoxy) is 1. The van der Waals surface area contributed by atoms with Gasteiger partial charge in [0.25, 0.3) is 11.5 Å². The van der Waals surface area contributed by atoms with Crippen LogP contribution < -0.4 is 10.3 Å². The van der Waals surface area contributed by atoms with E-state index in [0.29, 0.717) is 40.5 Å². The maximum atomic E-state index is 13.8. The molecular formula is C31H35N3O3. The lowest BCUT2D eigenvalue weighted by atomic mass is 10.1. The summed E-state index contributed by atoms with van der Waals surface area (Å²) in [5, 5.41) is 0.549. The molecule has 3 aromatic carbocycles. The monoisotopic (exact) mass is 497 g/mol. The molecule has 0 bridgehead atoms. The second-order valence-corrected chi connectivity index (χ2v) is 9.73. The van der Waals surface area contributed by atoms with Gasteiger partial charge in [0.05, 0.1) is 29.7 Å². The first-order valence-corrected chi connectivity index (χ1v) is 12.9. The Bertz CT molecular complexity index is 1420. The van der Waals surface area contributed by atoms with Gasteiger partial charge in [-0.05, 0) is 79.8 Å². The van der Waals surface area contributed by atoms with Crippen LogP contribution in [0, 0.1) is 5.92 Å². The highest BCUT2D eigenvalue weighted by Crippen LogP contribution is 2.26. The van der Waals surface area contributed by atoms with Gasteiger partial charge < -0.3 is 9.64 Å². The van der Waals surface area contributed by atoms with Gasteiger partial charge in [0.15, 0.2) is 0 Å². The van der Waals surface area contributed by atoms with E-state index in [4.69, 9.17) is 9.72 Å². The van der Waals surface area contributed by atoms with Crippen molar-refractivity contribution in [2.45, 2.75) is 46.6 Å². The molecule has 0 saturated carbocycles. The number of fused-ring (bicyclic) bond motifs is 1. The Morgan fingerprint density at radius 2 is 1.65 bits per heavy atom. The minimum Gasteiger partial charge on any atom is -0.497 e. The molecule has 0 aliphatic carbocycles. The smallest absolute Gasteiger partial charge is 0.266 e. The maximum absolute atomic E-state index is 13.8. The van der Waals surface area contributed by atoms with Gasteiger partial charge in [0, 0.05) is 12.1 Å². The third-order valence-corrected chi connectivity index (χ3v) is 6.79. The van der Waals surface area contributed by atoms with E-state index in [1.54, 1.807) is 42.0 Å². The third-order valence-electron chi connectivity index (χ3n) is 6.79. The summed E-state index contributed by atoms with van der Waals surface area (Å²) in [5.41, 5.74) is 2.98. The Balaban J connectivity index is 1.86. The van der Waals surface area contributed by atoms with Gasteiger partial charge in [-0.25, -0.2) is 4.98 Å². The maximum Gasteiger partial charge on any atom is 0.266 e. The average Bonchev–Trinajstić information content (AvgIpc) is 2.93. The summed E-state index contributed by atoms with van der Waals surface area (Å²) in [6.07, 6.45) is 1.74. The number of hydrogen-bond donors (Lipinski definition) is 0. The molecule has 37 heavy (non-hydrogen) atoms. The van der Waals surface area contributed by atoms with E-state index in [9.17, 15) is 9.59 Å². The predicted molar refractivity (Wildman–Crippen MR) is 149 cm³/mol. The number of aromatic nitrogens is 2. The quantitative estimate of drug-likeness (QED) is 0.276. The van der Waals surface area contributed by atoms with Crippen molar-refractivity contribution in [3.05, 3.63) is 100 Å². The van der Waals surface area contributed by atoms with Gasteiger partial charge in [-0.1, -0.05) is 45.0 Å². The summed E-state index contributed by atoms with van der Waals surface area (Å²) in [6, 6.07) is 22.0. The van der Waals surface area contributed by atoms with Crippen LogP contribution in [-0.4, -0.2) is 34.0 Å². The molecule has 1 aromatic heterocycles. The molecule has 1 amide bonds. The lowest BCUT2D eigenvalue weighted by Gasteiger charge is -2.31. The average molecular weight is 498 g/mol. The van der Waals surface area contributed by atoms with Gasteiger partial charge in [-0.15, -0.1) is 0 Å². The number of methoxy groups -OCH3 is 1. The first kappa shape index (κ1) is 26.1. The molecule has 0 N–H and O–H groups in total. The van der Waals surface area contributed by atoms with Crippen molar-refractivity contribution in [1.82, 2.24) is 14.5 Å². The molecule has 6 heteroatoms. The number of para-hydroxylation sites is 1. The van der Waals surface area contributed by atoms with Crippen LogP contribution in [0.15, 0.2) is 77.6 Å². The number of nitrogens with zero attached hydrogens (tertiary/aromatic N) is 3. The molecule has 192 valence electrons. The summed E-state index contributed by atoms with van der Waals surface area (Å²) in [4.78, 5) is 34.4. The molecule has 1 unspecified atom stereocenters. The van der Waals surface area contributed by atoms with Gasteiger partial charge in [0.2, 0.25) is 0 Å². The van der Waals surface area contributed by atoms with Crippen molar-refractivity contribution in [2.75, 3.05) is 13.7 Å². The standard InChI is InChI=1S/C31H35N3O3/c1-6-23-11-15-25(16-12-23)34-29(32-28-10-8-7-9-27(28)31(34)36)22(4)33(20-19-21(2)3)30(35)24-13-17-26(37-5)18-14-24/h7-18,21-22H,6,19-20H2,1-5H3. The van der Waals surface area contributed by atoms with Crippen molar-refractivity contribution in [3.63, 3.8) is 0 Å². The minimum absolute atomic E-state index is 0.105. The van der Waals surface area contributed by atoms with Crippen LogP contribution in [0.4, 0.5) is 0 Å². The molecule has 0 fully saturated rings. The normalized spacial score (nSPS) is 12.1. The molecule has 0 aliphatic rings. The number of rotatable bonds is 9. The predicted octanol–water partition coefficient (Wildman–Crippen LogP) is 6.21. The summed E-state index contributed by atoms with van der Waals surface area (Å²) < 4.78 is 6.93. The van der Waals surface area contributed by atoms with Crippen molar-refractivity contribution in [1.29, 1.82) is 0 Å². The Kier molecular flexibility index (Phi) is 8.07. The van der Waals surface area contributed by atoms with Gasteiger partial charge in [-0.2, -0.15) is 0 Å². The fourth-order valence-corrected chi connectivity index (χ4v) is 4.47. The van der Waals surface area contributed by atoms with Crippen molar-refractivity contribution >= 4 is 16.8 Å². The first-order chi connectivity index (χ1) is 17.8. The molecule has 0 aliphatic heterocycles. The first-order valence-electron chi connectivity index (χ1n) is 12.9. The number of benzene rings is 3. The molecule has 6 nitrogen and oxygen atoms in total. The molecule has 0 spiro atoms. The van der Waals surface area contributed by atoms with Gasteiger partial charge in [-0.3, -0.25) is 14.2 Å². The second kappa shape index (κ2) is 11.4. The summed E-state index contributed by atoms with van der Waals surface area (Å²) in [7, 11) is 1.60. The van der Waals surface area contributed by atoms with E-state index in [-0.39, 0.29) is 11.5 Å². The highest BCUT2D eigenvalue weighted by atomic mass is 16.5. The van der Waals surface area contributed by atoms with Crippen LogP contribution in [0.5, 0.6) is 5.75 Å². The van der Waals surface area contributed by atoms with Crippen molar-refractivity contribution < 1.29 is 9.53 Å². The zero-order valence-corrected chi connectivity index (χ0v) is 22.3. The summed E-state index contributed by atoms with van der Waals surface area (Å²) in [6.45, 7) is 8.88. The number of carbonyl (C=O) groups is 1. The van der Waals surface area contributed by atoms with E-state index in [0.717, 1.165) is 18.5 Å². The largest absolute Gasteiger partial charge is 0.497 e. The third kappa shape index (κ3) is 5.58. The molecular weight excluding hydrogens is 462 g/mol. The van der Waals surface area contributed by atoms with Crippen LogP contribution in [0.2, 0.25) is 0 Å². The van der Waals surface area contributed by atoms with Gasteiger partial charge in [0.1, 0.15) is 11.6 Å². The van der Waals surface area contributed by atoms with Crippen molar-refractivity contribution in [3.8, 4) is 11.4 Å². The number of carbonyl (C=O) groups excluding carboxylic acids is 1. The van der Waals surface area contributed by atoms with E-state index in [1.807, 2.05) is 54.3 Å². The second-order valence-electron chi connectivity index (χ2n) is 9.73. The van der Waals surface area contributed by atoms with E-state index in [1.165, 1.54) is 5.56 Å². The Labute approximate surface area is 218 Å². The number of hydrogen-bond acceptors (Lipinski definition) is 4. The van der Waals surface area contributed by atoms with Crippen LogP contribution in [0.3, 0.4) is 0 Å². The lowest BCUT2D eigenvalue weighted by molar-refractivity contribution is 0.0671. The van der Waals surface area contributed by atoms with Crippen LogP contribution in [0.25, 0.3) is 16.6 Å². The highest BCUT2D eigenvalue weighted by molar-refractivity contribution is 5.94. The highest BCUT2D eigenvalue weighted by Gasteiger charge is 2.28. The summed E-state index contributed by atoms with van der Waals surface area (Å²) in [5.74, 6) is 1.54. The molecule has 4 rings (SSSR count). The van der Waals surface area contributed by atoms with Crippen LogP contribution in [-0.2, 0) is 6.42 Å². The number of aryl methyl sites for hydroxylation is 1. The number of amides is 1. The zero-order valence-electron chi connectivity index (χ0n) is 22.3. The van der Waals surface area contributed by atoms with Crippen LogP contribution in [0.1, 0.15) is 61.9 Å². The van der Waals surface area contributed by atoms with Gasteiger partial charge >= 0.3 is 0 Å². The fraction of sp³-hybridized carbons (Fsp3) is 0.323. The molecule has 0 radical (unpaired) electrons. The summed E-state index contributed by atoms with van der Waals surface area (Å²) >= 11 is 0. The molecule has 4 aromatic rings. The topological polar surface area (TPSA) is 64.4 Å². The minimum atomic E-state index is -0.448. The molecule has 1 atom stereocenters. The Hall–Kier alpha value is -3.93. The lowest BCUT2D eigenvalue weighted by Crippen LogP contribution is -2.38. The van der Waals surface area contributed by atoms with Crippen molar-refractivity contribution in [2.24, 2.45) is 5.92 Å².